The van der Waals surface area contributed by atoms with Crippen LogP contribution in [-0.2, 0) is 4.74 Å². The van der Waals surface area contributed by atoms with Crippen molar-refractivity contribution < 1.29 is 9.15 Å². The van der Waals surface area contributed by atoms with Crippen LogP contribution in [0.1, 0.15) is 32.8 Å². The average molecular weight is 532 g/mol. The van der Waals surface area contributed by atoms with E-state index in [0.29, 0.717) is 48.2 Å². The van der Waals surface area contributed by atoms with Gasteiger partial charge in [0, 0.05) is 41.2 Å². The number of ether oxygens (including phenoxy) is 1. The highest BCUT2D eigenvalue weighted by Gasteiger charge is 2.19. The molecule has 0 amide bonds. The molecule has 1 aliphatic rings. The van der Waals surface area contributed by atoms with Crippen molar-refractivity contribution in [2.45, 2.75) is 27.2 Å². The topological polar surface area (TPSA) is 92.5 Å². The molecule has 0 atom stereocenters. The normalized spacial score (nSPS) is 14.8. The van der Waals surface area contributed by atoms with E-state index >= 15 is 0 Å². The summed E-state index contributed by atoms with van der Waals surface area (Å²) < 4.78 is 12.3. The molecule has 3 heterocycles. The van der Waals surface area contributed by atoms with Gasteiger partial charge in [-0.1, -0.05) is 67.6 Å². The lowest BCUT2D eigenvalue weighted by Gasteiger charge is -2.27. The van der Waals surface area contributed by atoms with Crippen LogP contribution in [-0.4, -0.2) is 39.1 Å². The predicted octanol–water partition coefficient (Wildman–Crippen LogP) is 6.72. The lowest BCUT2D eigenvalue weighted by atomic mass is 9.91. The second-order valence-corrected chi connectivity index (χ2v) is 9.55. The van der Waals surface area contributed by atoms with Gasteiger partial charge in [0.2, 0.25) is 5.43 Å². The van der Waals surface area contributed by atoms with E-state index in [9.17, 15) is 4.79 Å². The minimum absolute atomic E-state index is 0.0267. The Morgan fingerprint density at radius 2 is 1.89 bits per heavy atom. The first kappa shape index (κ1) is 29.0. The molecule has 0 radical (unpaired) electrons. The summed E-state index contributed by atoms with van der Waals surface area (Å²) in [6, 6.07) is 9.47. The Bertz CT molecular complexity index is 1420. The number of hydrogen-bond donors (Lipinski definition) is 2. The maximum Gasteiger partial charge on any atom is 0.204 e. The van der Waals surface area contributed by atoms with Crippen LogP contribution in [0.25, 0.3) is 21.4 Å². The van der Waals surface area contributed by atoms with Gasteiger partial charge in [-0.2, -0.15) is 0 Å². The molecule has 0 aliphatic carbocycles. The third-order valence-corrected chi connectivity index (χ3v) is 7.42. The summed E-state index contributed by atoms with van der Waals surface area (Å²) in [5.41, 5.74) is 11.2. The predicted molar refractivity (Wildman–Crippen MR) is 162 cm³/mol. The Kier molecular flexibility index (Phi) is 10.6. The van der Waals surface area contributed by atoms with Crippen molar-refractivity contribution in [3.8, 4) is 11.1 Å². The summed E-state index contributed by atoms with van der Waals surface area (Å²) in [7, 11) is 1.50. The van der Waals surface area contributed by atoms with Crippen LogP contribution < -0.4 is 16.1 Å². The molecular formula is C31H37N3O3S. The zero-order valence-electron chi connectivity index (χ0n) is 22.7. The summed E-state index contributed by atoms with van der Waals surface area (Å²) in [5, 5.41) is 10.9. The van der Waals surface area contributed by atoms with E-state index in [4.69, 9.17) is 14.6 Å². The zero-order chi connectivity index (χ0) is 27.7. The number of benzene rings is 1. The Morgan fingerprint density at radius 1 is 1.21 bits per heavy atom. The van der Waals surface area contributed by atoms with Crippen molar-refractivity contribution >= 4 is 33.2 Å². The molecule has 0 bridgehead atoms. The van der Waals surface area contributed by atoms with Crippen molar-refractivity contribution in [2.24, 2.45) is 5.73 Å². The number of morpholine rings is 1. The molecule has 1 aromatic carbocycles. The van der Waals surface area contributed by atoms with Gasteiger partial charge in [-0.25, -0.2) is 0 Å². The largest absolute Gasteiger partial charge is 0.439 e. The Hall–Kier alpha value is -3.52. The average Bonchev–Trinajstić information content (AvgIpc) is 3.41. The van der Waals surface area contributed by atoms with E-state index in [2.05, 4.69) is 31.1 Å². The van der Waals surface area contributed by atoms with E-state index in [0.717, 1.165) is 34.3 Å². The lowest BCUT2D eigenvalue weighted by molar-refractivity contribution is 0.121. The molecule has 2 aromatic heterocycles. The second-order valence-electron chi connectivity index (χ2n) is 8.67. The van der Waals surface area contributed by atoms with E-state index < -0.39 is 0 Å². The Morgan fingerprint density at radius 3 is 2.50 bits per heavy atom. The van der Waals surface area contributed by atoms with Gasteiger partial charge >= 0.3 is 0 Å². The standard InChI is InChI=1S/C30H32N2O3S.CH5N/c1-5-8-9-24(23(7-3)20(4)6-2)28(31)22-12-10-21(11-13-22)25-19-36-30-26(33)18-27(35-29(25)30)32-14-16-34-17-15-32;1-2/h5,7-13,18-19,31H,3,6,14-17H2,1-2,4H3;2H2,1H3/b8-5-,23-20?,24-9+,31-28?;. The fourth-order valence-corrected chi connectivity index (χ4v) is 5.16. The molecule has 7 heteroatoms. The maximum atomic E-state index is 12.8. The molecular weight excluding hydrogens is 494 g/mol. The van der Waals surface area contributed by atoms with E-state index in [1.807, 2.05) is 60.9 Å². The lowest BCUT2D eigenvalue weighted by Crippen LogP contribution is -2.36. The van der Waals surface area contributed by atoms with Crippen molar-refractivity contribution in [3.63, 3.8) is 0 Å². The van der Waals surface area contributed by atoms with Crippen LogP contribution in [0.2, 0.25) is 0 Å². The molecule has 6 nitrogen and oxygen atoms in total. The fraction of sp³-hybridized carbons (Fsp3) is 0.290. The summed E-state index contributed by atoms with van der Waals surface area (Å²) in [6.45, 7) is 12.8. The molecule has 38 heavy (non-hydrogen) atoms. The van der Waals surface area contributed by atoms with E-state index in [-0.39, 0.29) is 5.43 Å². The Balaban J connectivity index is 0.00000195. The number of nitrogens with zero attached hydrogens (tertiary/aromatic N) is 1. The first-order valence-corrected chi connectivity index (χ1v) is 13.7. The van der Waals surface area contributed by atoms with E-state index in [1.165, 1.54) is 24.0 Å². The summed E-state index contributed by atoms with van der Waals surface area (Å²) in [5.74, 6) is 0.586. The summed E-state index contributed by atoms with van der Waals surface area (Å²) in [6.07, 6.45) is 8.61. The van der Waals surface area contributed by atoms with Gasteiger partial charge in [0.1, 0.15) is 4.70 Å². The number of nitrogens with two attached hydrogens (primary N) is 1. The van der Waals surface area contributed by atoms with E-state index in [1.54, 1.807) is 6.07 Å². The molecule has 200 valence electrons. The number of nitrogens with one attached hydrogen (secondary N) is 1. The minimum Gasteiger partial charge on any atom is -0.439 e. The first-order valence-electron chi connectivity index (χ1n) is 12.8. The summed E-state index contributed by atoms with van der Waals surface area (Å²) >= 11 is 1.40. The molecule has 1 aliphatic heterocycles. The van der Waals surface area contributed by atoms with Gasteiger partial charge in [-0.15, -0.1) is 11.3 Å². The third kappa shape index (κ3) is 6.30. The number of thiophene rings is 1. The van der Waals surface area contributed by atoms with Gasteiger partial charge in [0.15, 0.2) is 11.5 Å². The molecule has 0 saturated carbocycles. The molecule has 4 rings (SSSR count). The van der Waals surface area contributed by atoms with Crippen LogP contribution >= 0.6 is 11.3 Å². The number of fused-ring (bicyclic) bond motifs is 1. The molecule has 0 spiro atoms. The van der Waals surface area contributed by atoms with Crippen molar-refractivity contribution in [3.05, 3.63) is 99.1 Å². The Labute approximate surface area is 228 Å². The van der Waals surface area contributed by atoms with Crippen LogP contribution in [0.4, 0.5) is 5.88 Å². The molecule has 3 N–H and O–H groups in total. The zero-order valence-corrected chi connectivity index (χ0v) is 23.5. The number of anilines is 1. The number of rotatable bonds is 8. The highest BCUT2D eigenvalue weighted by Crippen LogP contribution is 2.35. The first-order chi connectivity index (χ1) is 18.5. The van der Waals surface area contributed by atoms with Gasteiger partial charge in [-0.05, 0) is 38.5 Å². The molecule has 0 unspecified atom stereocenters. The molecule has 1 fully saturated rings. The fourth-order valence-electron chi connectivity index (χ4n) is 4.25. The third-order valence-electron chi connectivity index (χ3n) is 6.45. The van der Waals surface area contributed by atoms with Crippen LogP contribution in [0.15, 0.2) is 92.5 Å². The van der Waals surface area contributed by atoms with Gasteiger partial charge in [-0.3, -0.25) is 10.2 Å². The van der Waals surface area contributed by atoms with Crippen molar-refractivity contribution in [2.75, 3.05) is 38.3 Å². The highest BCUT2D eigenvalue weighted by atomic mass is 32.1. The number of allylic oxidation sites excluding steroid dienone is 7. The van der Waals surface area contributed by atoms with Gasteiger partial charge < -0.3 is 19.8 Å². The quantitative estimate of drug-likeness (QED) is 0.249. The van der Waals surface area contributed by atoms with Gasteiger partial charge in [0.05, 0.1) is 18.9 Å². The van der Waals surface area contributed by atoms with Crippen LogP contribution in [0.5, 0.6) is 0 Å². The smallest absolute Gasteiger partial charge is 0.204 e. The van der Waals surface area contributed by atoms with Crippen LogP contribution in [0, 0.1) is 5.41 Å². The number of hydrogen-bond acceptors (Lipinski definition) is 7. The second kappa shape index (κ2) is 13.9. The van der Waals surface area contributed by atoms with Crippen molar-refractivity contribution in [1.29, 1.82) is 5.41 Å². The molecule has 1 saturated heterocycles. The minimum atomic E-state index is -0.0267. The van der Waals surface area contributed by atoms with Crippen molar-refractivity contribution in [1.82, 2.24) is 0 Å². The monoisotopic (exact) mass is 531 g/mol. The maximum absolute atomic E-state index is 12.8. The molecule has 3 aromatic rings. The SMILES string of the molecule is C=CC(=C(C)CC)/C(=C\C=C/C)C(=N)c1ccc(-c2csc3c(=O)cc(N4CCOCC4)oc23)cc1.CN. The highest BCUT2D eigenvalue weighted by molar-refractivity contribution is 7.17. The van der Waals surface area contributed by atoms with Gasteiger partial charge in [0.25, 0.3) is 0 Å². The van der Waals surface area contributed by atoms with Crippen LogP contribution in [0.3, 0.4) is 0 Å². The summed E-state index contributed by atoms with van der Waals surface area (Å²) in [4.78, 5) is 14.9.